The number of alkyl halides is 3. The molecule has 0 radical (unpaired) electrons. The monoisotopic (exact) mass is 432 g/mol. The number of hydrogen-bond acceptors (Lipinski definition) is 4. The van der Waals surface area contributed by atoms with Crippen LogP contribution < -0.4 is 10.2 Å². The lowest BCUT2D eigenvalue weighted by molar-refractivity contribution is 0.163. The van der Waals surface area contributed by atoms with Gasteiger partial charge in [0.25, 0.3) is 0 Å². The van der Waals surface area contributed by atoms with E-state index in [4.69, 9.17) is 39.5 Å². The van der Waals surface area contributed by atoms with Crippen LogP contribution in [0.25, 0.3) is 5.69 Å². The van der Waals surface area contributed by atoms with Crippen molar-refractivity contribution < 1.29 is 9.53 Å². The number of amides is 1. The number of benzene rings is 1. The molecular weight excluding hydrogens is 411 g/mol. The molecule has 0 aliphatic carbocycles. The Hall–Kier alpha value is -1.63. The molecule has 0 fully saturated rings. The molecule has 6 nitrogen and oxygen atoms in total. The van der Waals surface area contributed by atoms with Gasteiger partial charge >= 0.3 is 6.09 Å². The fourth-order valence-electron chi connectivity index (χ4n) is 2.22. The summed E-state index contributed by atoms with van der Waals surface area (Å²) in [6.07, 6.45) is -0.730. The Bertz CT molecular complexity index is 808. The standard InChI is InChI=1S/C18H23Cl3N4O2/c1-17(2,3)14-10-15(22-16(26)27-11-18(19,20)21)25(23-14)13-8-6-7-12(9-13)24(4)5/h6-10H,11H2,1-5H3,(H,22,26). The van der Waals surface area contributed by atoms with Crippen molar-refractivity contribution in [2.45, 2.75) is 30.0 Å². The first-order valence-electron chi connectivity index (χ1n) is 8.25. The van der Waals surface area contributed by atoms with Crippen LogP contribution in [0.15, 0.2) is 30.3 Å². The lowest BCUT2D eigenvalue weighted by Crippen LogP contribution is -2.22. The molecule has 0 aliphatic rings. The minimum Gasteiger partial charge on any atom is -0.445 e. The smallest absolute Gasteiger partial charge is 0.412 e. The van der Waals surface area contributed by atoms with Crippen LogP contribution in [0, 0.1) is 0 Å². The molecule has 1 amide bonds. The summed E-state index contributed by atoms with van der Waals surface area (Å²) in [5.74, 6) is 0.463. The predicted octanol–water partition coefficient (Wildman–Crippen LogP) is 5.15. The Labute approximate surface area is 174 Å². The van der Waals surface area contributed by atoms with Gasteiger partial charge < -0.3 is 9.64 Å². The molecule has 2 rings (SSSR count). The van der Waals surface area contributed by atoms with Crippen LogP contribution in [-0.2, 0) is 10.2 Å². The number of ether oxygens (including phenoxy) is 1. The molecular formula is C18H23Cl3N4O2. The second-order valence-electron chi connectivity index (χ2n) is 7.31. The highest BCUT2D eigenvalue weighted by atomic mass is 35.6. The van der Waals surface area contributed by atoms with E-state index < -0.39 is 9.89 Å². The molecule has 0 aliphatic heterocycles. The van der Waals surface area contributed by atoms with E-state index in [9.17, 15) is 4.79 Å². The maximum atomic E-state index is 12.1. The molecule has 9 heteroatoms. The molecule has 148 valence electrons. The third kappa shape index (κ3) is 6.19. The van der Waals surface area contributed by atoms with Crippen molar-refractivity contribution in [1.29, 1.82) is 0 Å². The maximum absolute atomic E-state index is 12.1. The number of halogens is 3. The van der Waals surface area contributed by atoms with Gasteiger partial charge in [0.1, 0.15) is 12.4 Å². The van der Waals surface area contributed by atoms with Gasteiger partial charge in [-0.15, -0.1) is 0 Å². The van der Waals surface area contributed by atoms with Crippen LogP contribution in [0.3, 0.4) is 0 Å². The third-order valence-electron chi connectivity index (χ3n) is 3.67. The summed E-state index contributed by atoms with van der Waals surface area (Å²) in [6.45, 7) is 5.77. The number of hydrogen-bond donors (Lipinski definition) is 1. The van der Waals surface area contributed by atoms with Gasteiger partial charge in [0.15, 0.2) is 0 Å². The highest BCUT2D eigenvalue weighted by Gasteiger charge is 2.24. The van der Waals surface area contributed by atoms with Crippen LogP contribution >= 0.6 is 34.8 Å². The number of aromatic nitrogens is 2. The zero-order valence-corrected chi connectivity index (χ0v) is 18.2. The predicted molar refractivity (Wildman–Crippen MR) is 112 cm³/mol. The molecule has 0 saturated carbocycles. The highest BCUT2D eigenvalue weighted by Crippen LogP contribution is 2.28. The number of rotatable bonds is 4. The fourth-order valence-corrected chi connectivity index (χ4v) is 2.39. The summed E-state index contributed by atoms with van der Waals surface area (Å²) >= 11 is 16.9. The average molecular weight is 434 g/mol. The van der Waals surface area contributed by atoms with Crippen molar-refractivity contribution in [3.8, 4) is 5.69 Å². The number of carbonyl (C=O) groups excluding carboxylic acids is 1. The molecule has 0 saturated heterocycles. The summed E-state index contributed by atoms with van der Waals surface area (Å²) in [7, 11) is 3.91. The quantitative estimate of drug-likeness (QED) is 0.677. The SMILES string of the molecule is CN(C)c1cccc(-n2nc(C(C)(C)C)cc2NC(=O)OCC(Cl)(Cl)Cl)c1. The van der Waals surface area contributed by atoms with Crippen LogP contribution in [0.5, 0.6) is 0 Å². The zero-order chi connectivity index (χ0) is 20.4. The Morgan fingerprint density at radius 3 is 2.44 bits per heavy atom. The largest absolute Gasteiger partial charge is 0.445 e. The molecule has 1 N–H and O–H groups in total. The van der Waals surface area contributed by atoms with Crippen molar-refractivity contribution in [2.24, 2.45) is 0 Å². The van der Waals surface area contributed by atoms with Crippen LogP contribution in [0.4, 0.5) is 16.3 Å². The van der Waals surface area contributed by atoms with Gasteiger partial charge in [0.05, 0.1) is 11.4 Å². The summed E-state index contributed by atoms with van der Waals surface area (Å²) in [5.41, 5.74) is 2.41. The van der Waals surface area contributed by atoms with E-state index in [0.29, 0.717) is 5.82 Å². The second-order valence-corrected chi connectivity index (χ2v) is 9.82. The van der Waals surface area contributed by atoms with E-state index in [1.54, 1.807) is 10.7 Å². The fraction of sp³-hybridized carbons (Fsp3) is 0.444. The molecule has 1 heterocycles. The van der Waals surface area contributed by atoms with Crippen LogP contribution in [0.1, 0.15) is 26.5 Å². The van der Waals surface area contributed by atoms with E-state index in [-0.39, 0.29) is 12.0 Å². The number of nitrogens with zero attached hydrogens (tertiary/aromatic N) is 3. The van der Waals surface area contributed by atoms with Gasteiger partial charge in [-0.1, -0.05) is 61.6 Å². The van der Waals surface area contributed by atoms with E-state index in [1.807, 2.05) is 64.0 Å². The third-order valence-corrected chi connectivity index (χ3v) is 3.99. The minimum atomic E-state index is -1.67. The van der Waals surface area contributed by atoms with Gasteiger partial charge in [-0.3, -0.25) is 5.32 Å². The zero-order valence-electron chi connectivity index (χ0n) is 15.9. The molecule has 1 aromatic heterocycles. The first kappa shape index (κ1) is 21.7. The molecule has 1 aromatic carbocycles. The van der Waals surface area contributed by atoms with E-state index in [0.717, 1.165) is 17.1 Å². The van der Waals surface area contributed by atoms with Crippen LogP contribution in [0.2, 0.25) is 0 Å². The Balaban J connectivity index is 2.37. The Morgan fingerprint density at radius 1 is 1.22 bits per heavy atom. The number of nitrogens with one attached hydrogen (secondary N) is 1. The second kappa shape index (κ2) is 8.17. The van der Waals surface area contributed by atoms with Crippen molar-refractivity contribution in [1.82, 2.24) is 9.78 Å². The first-order valence-corrected chi connectivity index (χ1v) is 9.39. The Kier molecular flexibility index (Phi) is 6.55. The minimum absolute atomic E-state index is 0.206. The molecule has 2 aromatic rings. The lowest BCUT2D eigenvalue weighted by Gasteiger charge is -2.16. The summed E-state index contributed by atoms with van der Waals surface area (Å²) in [6, 6.07) is 9.59. The van der Waals surface area contributed by atoms with E-state index >= 15 is 0 Å². The van der Waals surface area contributed by atoms with Gasteiger partial charge in [-0.05, 0) is 18.2 Å². The molecule has 0 bridgehead atoms. The summed E-state index contributed by atoms with van der Waals surface area (Å²) in [5, 5.41) is 7.34. The normalized spacial score (nSPS) is 12.0. The van der Waals surface area contributed by atoms with Crippen molar-refractivity contribution in [2.75, 3.05) is 30.9 Å². The van der Waals surface area contributed by atoms with Crippen molar-refractivity contribution in [3.05, 3.63) is 36.0 Å². The molecule has 0 unspecified atom stereocenters. The topological polar surface area (TPSA) is 59.4 Å². The Morgan fingerprint density at radius 2 is 1.89 bits per heavy atom. The van der Waals surface area contributed by atoms with Crippen LogP contribution in [-0.4, -0.2) is 40.4 Å². The van der Waals surface area contributed by atoms with E-state index in [1.165, 1.54) is 0 Å². The van der Waals surface area contributed by atoms with Crippen molar-refractivity contribution >= 4 is 52.4 Å². The van der Waals surface area contributed by atoms with E-state index in [2.05, 4.69) is 10.4 Å². The highest BCUT2D eigenvalue weighted by molar-refractivity contribution is 6.67. The van der Waals surface area contributed by atoms with Crippen molar-refractivity contribution in [3.63, 3.8) is 0 Å². The number of anilines is 2. The summed E-state index contributed by atoms with van der Waals surface area (Å²) < 4.78 is 4.95. The molecule has 0 atom stereocenters. The first-order chi connectivity index (χ1) is 12.4. The average Bonchev–Trinajstić information content (AvgIpc) is 2.96. The maximum Gasteiger partial charge on any atom is 0.412 e. The lowest BCUT2D eigenvalue weighted by atomic mass is 9.92. The number of carbonyl (C=O) groups is 1. The molecule has 27 heavy (non-hydrogen) atoms. The van der Waals surface area contributed by atoms with Gasteiger partial charge in [0, 0.05) is 31.3 Å². The summed E-state index contributed by atoms with van der Waals surface area (Å²) in [4.78, 5) is 14.1. The van der Waals surface area contributed by atoms with Gasteiger partial charge in [0.2, 0.25) is 3.79 Å². The van der Waals surface area contributed by atoms with Gasteiger partial charge in [-0.2, -0.15) is 5.10 Å². The molecule has 0 spiro atoms. The van der Waals surface area contributed by atoms with Gasteiger partial charge in [-0.25, -0.2) is 9.48 Å².